The molecule has 142 valence electrons. The van der Waals surface area contributed by atoms with Crippen LogP contribution in [0.25, 0.3) is 21.9 Å². The smallest absolute Gasteiger partial charge is 0.0991 e. The number of likely N-dealkylation sites (tertiary alicyclic amines) is 1. The Morgan fingerprint density at radius 1 is 1.14 bits per heavy atom. The van der Waals surface area contributed by atoms with Gasteiger partial charge in [0.15, 0.2) is 0 Å². The minimum atomic E-state index is 0.443. The summed E-state index contributed by atoms with van der Waals surface area (Å²) in [6.07, 6.45) is 5.97. The fraction of sp³-hybridized carbons (Fsp3) is 0.304. The van der Waals surface area contributed by atoms with Crippen LogP contribution in [0.15, 0.2) is 54.9 Å². The van der Waals surface area contributed by atoms with Gasteiger partial charge in [-0.25, -0.2) is 0 Å². The predicted octanol–water partition coefficient (Wildman–Crippen LogP) is 3.61. The van der Waals surface area contributed by atoms with Gasteiger partial charge in [0.2, 0.25) is 0 Å². The van der Waals surface area contributed by atoms with E-state index in [-0.39, 0.29) is 0 Å². The maximum atomic E-state index is 9.23. The zero-order valence-electron chi connectivity index (χ0n) is 15.9. The molecule has 4 rings (SSSR count). The highest BCUT2D eigenvalue weighted by atomic mass is 15.1. The highest BCUT2D eigenvalue weighted by Gasteiger charge is 2.19. The first-order valence-electron chi connectivity index (χ1n) is 9.84. The van der Waals surface area contributed by atoms with E-state index < -0.39 is 0 Å². The molecule has 2 aromatic carbocycles. The van der Waals surface area contributed by atoms with E-state index >= 15 is 0 Å². The van der Waals surface area contributed by atoms with Crippen LogP contribution in [0.2, 0.25) is 0 Å². The van der Waals surface area contributed by atoms with Crippen molar-refractivity contribution in [3.8, 4) is 17.2 Å². The molecule has 0 spiro atoms. The van der Waals surface area contributed by atoms with Crippen LogP contribution < -0.4 is 11.1 Å². The number of hydrogen-bond acceptors (Lipinski definition) is 5. The molecule has 0 aliphatic carbocycles. The normalized spacial score (nSPS) is 15.4. The molecule has 5 heteroatoms. The molecule has 0 amide bonds. The second-order valence-corrected chi connectivity index (χ2v) is 7.36. The van der Waals surface area contributed by atoms with Gasteiger partial charge in [-0.2, -0.15) is 5.26 Å². The maximum absolute atomic E-state index is 9.23. The average Bonchev–Trinajstić information content (AvgIpc) is 2.75. The van der Waals surface area contributed by atoms with E-state index in [9.17, 15) is 5.26 Å². The minimum absolute atomic E-state index is 0.443. The third kappa shape index (κ3) is 3.99. The van der Waals surface area contributed by atoms with E-state index in [1.54, 1.807) is 0 Å². The van der Waals surface area contributed by atoms with Crippen LogP contribution in [0.4, 0.5) is 5.69 Å². The molecule has 0 bridgehead atoms. The van der Waals surface area contributed by atoms with Crippen molar-refractivity contribution in [3.63, 3.8) is 0 Å². The summed E-state index contributed by atoms with van der Waals surface area (Å²) < 4.78 is 0. The number of nitrogens with two attached hydrogens (primary N) is 1. The Morgan fingerprint density at radius 3 is 2.79 bits per heavy atom. The lowest BCUT2D eigenvalue weighted by Gasteiger charge is -2.32. The molecule has 5 nitrogen and oxygen atoms in total. The fourth-order valence-corrected chi connectivity index (χ4v) is 3.96. The molecule has 1 aromatic heterocycles. The van der Waals surface area contributed by atoms with Crippen molar-refractivity contribution in [1.82, 2.24) is 9.88 Å². The van der Waals surface area contributed by atoms with Crippen LogP contribution in [0.3, 0.4) is 0 Å². The molecule has 3 aromatic rings. The van der Waals surface area contributed by atoms with Crippen molar-refractivity contribution < 1.29 is 0 Å². The third-order valence-electron chi connectivity index (χ3n) is 5.47. The molecule has 28 heavy (non-hydrogen) atoms. The van der Waals surface area contributed by atoms with E-state index in [1.807, 2.05) is 36.7 Å². The number of pyridine rings is 1. The minimum Gasteiger partial charge on any atom is -0.382 e. The molecule has 0 radical (unpaired) electrons. The molecule has 2 heterocycles. The Morgan fingerprint density at radius 2 is 2.00 bits per heavy atom. The van der Waals surface area contributed by atoms with E-state index in [2.05, 4.69) is 39.5 Å². The average molecular weight is 371 g/mol. The van der Waals surface area contributed by atoms with Crippen molar-refractivity contribution in [2.75, 3.05) is 31.5 Å². The summed E-state index contributed by atoms with van der Waals surface area (Å²) in [7, 11) is 0. The van der Waals surface area contributed by atoms with E-state index in [0.717, 1.165) is 66.6 Å². The van der Waals surface area contributed by atoms with Gasteiger partial charge in [-0.1, -0.05) is 12.1 Å². The summed E-state index contributed by atoms with van der Waals surface area (Å²) in [4.78, 5) is 6.76. The number of fused-ring (bicyclic) bond motifs is 1. The zero-order valence-corrected chi connectivity index (χ0v) is 15.9. The second-order valence-electron chi connectivity index (χ2n) is 7.36. The summed E-state index contributed by atoms with van der Waals surface area (Å²) in [6, 6.07) is 16.8. The monoisotopic (exact) mass is 371 g/mol. The summed E-state index contributed by atoms with van der Waals surface area (Å²) >= 11 is 0. The fourth-order valence-electron chi connectivity index (χ4n) is 3.96. The van der Waals surface area contributed by atoms with Gasteiger partial charge in [-0.3, -0.25) is 4.98 Å². The van der Waals surface area contributed by atoms with Crippen molar-refractivity contribution in [1.29, 1.82) is 5.26 Å². The zero-order chi connectivity index (χ0) is 19.3. The van der Waals surface area contributed by atoms with Crippen LogP contribution >= 0.6 is 0 Å². The highest BCUT2D eigenvalue weighted by molar-refractivity contribution is 5.97. The van der Waals surface area contributed by atoms with Crippen molar-refractivity contribution >= 4 is 16.5 Å². The summed E-state index contributed by atoms with van der Waals surface area (Å²) in [5.74, 6) is 0. The molecule has 1 fully saturated rings. The number of nitrogens with zero attached hydrogens (tertiary/aromatic N) is 3. The second kappa shape index (κ2) is 8.39. The Hall–Kier alpha value is -2.94. The van der Waals surface area contributed by atoms with Gasteiger partial charge in [-0.05, 0) is 59.7 Å². The van der Waals surface area contributed by atoms with Crippen molar-refractivity contribution in [2.24, 2.45) is 5.73 Å². The van der Waals surface area contributed by atoms with Crippen LogP contribution in [0.1, 0.15) is 18.4 Å². The van der Waals surface area contributed by atoms with Gasteiger partial charge >= 0.3 is 0 Å². The first-order chi connectivity index (χ1) is 13.8. The number of hydrogen-bond donors (Lipinski definition) is 2. The summed E-state index contributed by atoms with van der Waals surface area (Å²) in [5.41, 5.74) is 9.64. The number of piperidine rings is 1. The molecule has 3 N–H and O–H groups in total. The van der Waals surface area contributed by atoms with Gasteiger partial charge in [0.25, 0.3) is 0 Å². The largest absolute Gasteiger partial charge is 0.382 e. The molecular formula is C23H25N5. The number of nitrogens with one attached hydrogen (secondary N) is 1. The lowest BCUT2D eigenvalue weighted by molar-refractivity contribution is 0.225. The number of rotatable bonds is 5. The molecule has 1 aliphatic heterocycles. The van der Waals surface area contributed by atoms with Crippen LogP contribution in [0.5, 0.6) is 0 Å². The highest BCUT2D eigenvalue weighted by Crippen LogP contribution is 2.32. The topological polar surface area (TPSA) is 78.0 Å². The molecule has 0 unspecified atom stereocenters. The SMILES string of the molecule is N#Cc1cccc(-c2cc(NC3CCN(CCN)CC3)c3cnccc3c2)c1. The Kier molecular flexibility index (Phi) is 5.52. The van der Waals surface area contributed by atoms with Crippen LogP contribution in [-0.4, -0.2) is 42.1 Å². The Bertz CT molecular complexity index is 999. The third-order valence-corrected chi connectivity index (χ3v) is 5.47. The van der Waals surface area contributed by atoms with E-state index in [1.165, 1.54) is 0 Å². The van der Waals surface area contributed by atoms with Gasteiger partial charge in [0.1, 0.15) is 0 Å². The van der Waals surface area contributed by atoms with Crippen LogP contribution in [0, 0.1) is 11.3 Å². The molecule has 0 atom stereocenters. The molecule has 0 saturated carbocycles. The summed E-state index contributed by atoms with van der Waals surface area (Å²) in [5, 5.41) is 15.3. The lowest BCUT2D eigenvalue weighted by Crippen LogP contribution is -2.41. The van der Waals surface area contributed by atoms with Gasteiger partial charge in [0, 0.05) is 55.7 Å². The molecule has 1 aliphatic rings. The number of nitriles is 1. The first kappa shape index (κ1) is 18.4. The van der Waals surface area contributed by atoms with Gasteiger partial charge in [0.05, 0.1) is 11.6 Å². The quantitative estimate of drug-likeness (QED) is 0.716. The Balaban J connectivity index is 1.65. The Labute approximate surface area is 165 Å². The number of anilines is 1. The van der Waals surface area contributed by atoms with E-state index in [4.69, 9.17) is 5.73 Å². The summed E-state index contributed by atoms with van der Waals surface area (Å²) in [6.45, 7) is 3.85. The number of benzene rings is 2. The first-order valence-corrected chi connectivity index (χ1v) is 9.84. The number of aromatic nitrogens is 1. The predicted molar refractivity (Wildman–Crippen MR) is 114 cm³/mol. The van der Waals surface area contributed by atoms with E-state index in [0.29, 0.717) is 11.6 Å². The van der Waals surface area contributed by atoms with Crippen molar-refractivity contribution in [2.45, 2.75) is 18.9 Å². The van der Waals surface area contributed by atoms with Crippen LogP contribution in [-0.2, 0) is 0 Å². The van der Waals surface area contributed by atoms with Gasteiger partial charge in [-0.15, -0.1) is 0 Å². The van der Waals surface area contributed by atoms with Gasteiger partial charge < -0.3 is 16.0 Å². The standard InChI is InChI=1S/C23H25N5/c24-7-11-28-9-5-21(6-10-28)27-23-14-20(13-19-4-8-26-16-22(19)23)18-3-1-2-17(12-18)15-25/h1-4,8,12-14,16,21,27H,5-7,9-11,24H2. The molecular weight excluding hydrogens is 346 g/mol. The lowest BCUT2D eigenvalue weighted by atomic mass is 9.98. The maximum Gasteiger partial charge on any atom is 0.0991 e. The molecule has 1 saturated heterocycles. The van der Waals surface area contributed by atoms with Crippen molar-refractivity contribution in [3.05, 3.63) is 60.4 Å².